The summed E-state index contributed by atoms with van der Waals surface area (Å²) in [5.74, 6) is 1.83. The van der Waals surface area contributed by atoms with Crippen LogP contribution >= 0.6 is 11.6 Å². The number of fused-ring (bicyclic) bond motifs is 2. The quantitative estimate of drug-likeness (QED) is 0.794. The molecule has 1 saturated heterocycles. The number of ether oxygens (including phenoxy) is 2. The van der Waals surface area contributed by atoms with Gasteiger partial charge in [0.15, 0.2) is 11.5 Å². The van der Waals surface area contributed by atoms with Crippen LogP contribution in [0, 0.1) is 5.92 Å². The van der Waals surface area contributed by atoms with Crippen LogP contribution in [-0.2, 0) is 6.54 Å². The number of rotatable bonds is 3. The molecule has 0 radical (unpaired) electrons. The van der Waals surface area contributed by atoms with E-state index in [2.05, 4.69) is 23.1 Å². The number of nitrogens with zero attached hydrogens (tertiary/aromatic N) is 1. The number of hydrogen-bond acceptors (Lipinski definition) is 4. The van der Waals surface area contributed by atoms with Gasteiger partial charge in [-0.25, -0.2) is 0 Å². The monoisotopic (exact) mass is 399 g/mol. The highest BCUT2D eigenvalue weighted by molar-refractivity contribution is 6.31. The lowest BCUT2D eigenvalue weighted by Gasteiger charge is -2.53. The summed E-state index contributed by atoms with van der Waals surface area (Å²) in [6.45, 7) is 1.92. The van der Waals surface area contributed by atoms with Gasteiger partial charge in [0.2, 0.25) is 6.79 Å². The van der Waals surface area contributed by atoms with E-state index in [0.29, 0.717) is 0 Å². The number of halogens is 1. The van der Waals surface area contributed by atoms with E-state index >= 15 is 0 Å². The Labute approximate surface area is 171 Å². The summed E-state index contributed by atoms with van der Waals surface area (Å²) in [5.41, 5.74) is 1.76. The van der Waals surface area contributed by atoms with Crippen molar-refractivity contribution in [1.82, 2.24) is 4.90 Å². The van der Waals surface area contributed by atoms with Gasteiger partial charge in [0.05, 0.1) is 5.60 Å². The second kappa shape index (κ2) is 7.25. The van der Waals surface area contributed by atoms with Gasteiger partial charge in [-0.15, -0.1) is 0 Å². The lowest BCUT2D eigenvalue weighted by molar-refractivity contribution is -0.126. The van der Waals surface area contributed by atoms with Crippen LogP contribution in [0.5, 0.6) is 11.5 Å². The molecule has 4 nitrogen and oxygen atoms in total. The third-order valence-electron chi connectivity index (χ3n) is 6.74. The van der Waals surface area contributed by atoms with Crippen LogP contribution < -0.4 is 9.47 Å². The van der Waals surface area contributed by atoms with Crippen molar-refractivity contribution < 1.29 is 14.6 Å². The first kappa shape index (κ1) is 18.3. The normalized spacial score (nSPS) is 29.5. The molecule has 28 heavy (non-hydrogen) atoms. The number of likely N-dealkylation sites (tertiary alicyclic amines) is 1. The van der Waals surface area contributed by atoms with Crippen LogP contribution in [0.4, 0.5) is 0 Å². The first-order chi connectivity index (χ1) is 13.6. The van der Waals surface area contributed by atoms with E-state index in [1.807, 2.05) is 24.3 Å². The summed E-state index contributed by atoms with van der Waals surface area (Å²) >= 11 is 6.47. The number of benzene rings is 2. The Morgan fingerprint density at radius 1 is 1.07 bits per heavy atom. The predicted octanol–water partition coefficient (Wildman–Crippen LogP) is 4.94. The third kappa shape index (κ3) is 3.18. The third-order valence-corrected chi connectivity index (χ3v) is 7.11. The van der Waals surface area contributed by atoms with Gasteiger partial charge >= 0.3 is 0 Å². The Hall–Kier alpha value is -1.75. The lowest BCUT2D eigenvalue weighted by Crippen LogP contribution is -2.54. The fourth-order valence-electron chi connectivity index (χ4n) is 5.31. The zero-order valence-electron chi connectivity index (χ0n) is 15.9. The maximum absolute atomic E-state index is 11.4. The standard InChI is InChI=1S/C23H26ClNO3/c24-19-7-2-1-5-17(19)14-25-12-11-23(26)10-4-3-6-18(23)22(25)16-8-9-20-21(13-16)28-15-27-20/h1-2,5,7-9,13,18,22,26H,3-4,6,10-12,14-15H2/t18-,22+,23-/m0/s1. The summed E-state index contributed by atoms with van der Waals surface area (Å²) in [6.07, 6.45) is 5.07. The largest absolute Gasteiger partial charge is 0.454 e. The minimum absolute atomic E-state index is 0.143. The smallest absolute Gasteiger partial charge is 0.231 e. The molecule has 5 rings (SSSR count). The average molecular weight is 400 g/mol. The van der Waals surface area contributed by atoms with Crippen molar-refractivity contribution in [2.75, 3.05) is 13.3 Å². The van der Waals surface area contributed by atoms with Crippen molar-refractivity contribution in [3.8, 4) is 11.5 Å². The van der Waals surface area contributed by atoms with Crippen LogP contribution in [0.3, 0.4) is 0 Å². The minimum Gasteiger partial charge on any atom is -0.454 e. The van der Waals surface area contributed by atoms with Gasteiger partial charge in [-0.05, 0) is 48.6 Å². The molecular formula is C23H26ClNO3. The molecule has 1 aliphatic carbocycles. The molecule has 3 aliphatic rings. The molecule has 1 N–H and O–H groups in total. The fraction of sp³-hybridized carbons (Fsp3) is 0.478. The van der Waals surface area contributed by atoms with E-state index in [9.17, 15) is 5.11 Å². The molecule has 148 valence electrons. The Bertz CT molecular complexity index is 873. The highest BCUT2D eigenvalue weighted by atomic mass is 35.5. The second-order valence-corrected chi connectivity index (χ2v) is 8.73. The zero-order valence-corrected chi connectivity index (χ0v) is 16.7. The van der Waals surface area contributed by atoms with Gasteiger partial charge in [0.25, 0.3) is 0 Å². The maximum Gasteiger partial charge on any atom is 0.231 e. The average Bonchev–Trinajstić information content (AvgIpc) is 3.17. The van der Waals surface area contributed by atoms with Crippen LogP contribution in [0.15, 0.2) is 42.5 Å². The van der Waals surface area contributed by atoms with Crippen molar-refractivity contribution >= 4 is 11.6 Å². The van der Waals surface area contributed by atoms with Gasteiger partial charge in [0.1, 0.15) is 0 Å². The Kier molecular flexibility index (Phi) is 4.74. The van der Waals surface area contributed by atoms with Crippen molar-refractivity contribution in [3.63, 3.8) is 0 Å². The predicted molar refractivity (Wildman–Crippen MR) is 109 cm³/mol. The molecule has 0 spiro atoms. The van der Waals surface area contributed by atoms with E-state index in [1.165, 1.54) is 12.0 Å². The Balaban J connectivity index is 1.53. The molecule has 2 aromatic rings. The highest BCUT2D eigenvalue weighted by Crippen LogP contribution is 2.50. The van der Waals surface area contributed by atoms with Gasteiger partial charge < -0.3 is 14.6 Å². The van der Waals surface area contributed by atoms with Gasteiger partial charge in [-0.3, -0.25) is 4.90 Å². The molecule has 2 aliphatic heterocycles. The molecule has 2 aromatic carbocycles. The topological polar surface area (TPSA) is 41.9 Å². The fourth-order valence-corrected chi connectivity index (χ4v) is 5.50. The van der Waals surface area contributed by atoms with E-state index in [1.54, 1.807) is 0 Å². The van der Waals surface area contributed by atoms with Crippen LogP contribution in [0.25, 0.3) is 0 Å². The van der Waals surface area contributed by atoms with Crippen molar-refractivity contribution in [1.29, 1.82) is 0 Å². The van der Waals surface area contributed by atoms with E-state index in [0.717, 1.165) is 60.9 Å². The molecule has 0 amide bonds. The molecular weight excluding hydrogens is 374 g/mol. The van der Waals surface area contributed by atoms with Crippen LogP contribution in [0.2, 0.25) is 5.02 Å². The van der Waals surface area contributed by atoms with Gasteiger partial charge in [0, 0.05) is 30.1 Å². The first-order valence-electron chi connectivity index (χ1n) is 10.2. The minimum atomic E-state index is -0.573. The van der Waals surface area contributed by atoms with E-state index < -0.39 is 5.60 Å². The molecule has 0 bridgehead atoms. The first-order valence-corrected chi connectivity index (χ1v) is 10.6. The molecule has 1 saturated carbocycles. The Morgan fingerprint density at radius 2 is 1.93 bits per heavy atom. The lowest BCUT2D eigenvalue weighted by atomic mass is 9.66. The number of piperidine rings is 1. The highest BCUT2D eigenvalue weighted by Gasteiger charge is 2.49. The van der Waals surface area contributed by atoms with Crippen LogP contribution in [-0.4, -0.2) is 28.9 Å². The summed E-state index contributed by atoms with van der Waals surface area (Å²) in [6, 6.07) is 14.4. The van der Waals surface area contributed by atoms with Crippen molar-refractivity contribution in [2.45, 2.75) is 50.3 Å². The van der Waals surface area contributed by atoms with Crippen molar-refractivity contribution in [2.24, 2.45) is 5.92 Å². The van der Waals surface area contributed by atoms with E-state index in [-0.39, 0.29) is 18.8 Å². The molecule has 2 heterocycles. The molecule has 0 aromatic heterocycles. The van der Waals surface area contributed by atoms with E-state index in [4.69, 9.17) is 21.1 Å². The molecule has 2 fully saturated rings. The number of hydrogen-bond donors (Lipinski definition) is 1. The SMILES string of the molecule is O[C@]12CCCC[C@H]1[C@@H](c1ccc3c(c1)OCO3)N(Cc1ccccc1Cl)CC2. The molecule has 0 unspecified atom stereocenters. The summed E-state index contributed by atoms with van der Waals surface area (Å²) in [7, 11) is 0. The molecule has 5 heteroatoms. The summed E-state index contributed by atoms with van der Waals surface area (Å²) in [4.78, 5) is 2.49. The van der Waals surface area contributed by atoms with Gasteiger partial charge in [-0.2, -0.15) is 0 Å². The molecule has 3 atom stereocenters. The second-order valence-electron chi connectivity index (χ2n) is 8.33. The van der Waals surface area contributed by atoms with Gasteiger partial charge in [-0.1, -0.05) is 48.7 Å². The maximum atomic E-state index is 11.4. The Morgan fingerprint density at radius 3 is 2.82 bits per heavy atom. The van der Waals surface area contributed by atoms with Crippen molar-refractivity contribution in [3.05, 3.63) is 58.6 Å². The van der Waals surface area contributed by atoms with Crippen LogP contribution in [0.1, 0.15) is 49.3 Å². The summed E-state index contributed by atoms with van der Waals surface area (Å²) in [5, 5.41) is 12.2. The zero-order chi connectivity index (χ0) is 19.1. The summed E-state index contributed by atoms with van der Waals surface area (Å²) < 4.78 is 11.1. The number of aliphatic hydroxyl groups is 1.